The summed E-state index contributed by atoms with van der Waals surface area (Å²) in [7, 11) is 0. The van der Waals surface area contributed by atoms with Gasteiger partial charge < -0.3 is 4.74 Å². The van der Waals surface area contributed by atoms with Gasteiger partial charge in [-0.25, -0.2) is 22.0 Å². The fourth-order valence-corrected chi connectivity index (χ4v) is 5.16. The summed E-state index contributed by atoms with van der Waals surface area (Å²) in [5.41, 5.74) is 0.848. The van der Waals surface area contributed by atoms with Crippen molar-refractivity contribution in [2.75, 3.05) is 6.61 Å². The number of hydrogen-bond acceptors (Lipinski definition) is 1. The molecular weight excluding hydrogens is 495 g/mol. The predicted molar refractivity (Wildman–Crippen MR) is 141 cm³/mol. The molecule has 0 aromatic heterocycles. The van der Waals surface area contributed by atoms with Crippen LogP contribution in [0.3, 0.4) is 0 Å². The van der Waals surface area contributed by atoms with Crippen molar-refractivity contribution in [3.63, 3.8) is 0 Å². The van der Waals surface area contributed by atoms with Gasteiger partial charge in [-0.05, 0) is 73.3 Å². The molecule has 2 unspecified atom stereocenters. The molecule has 1 nitrogen and oxygen atoms in total. The van der Waals surface area contributed by atoms with Gasteiger partial charge in [0, 0.05) is 17.0 Å². The SMILES string of the molecule is C=CCCc1ccc(CCc2ccc(-c3ccc(C4CCC(CCC)OC4)c(F)c3F)c(F)c2F)cc1F. The maximum Gasteiger partial charge on any atom is 0.167 e. The van der Waals surface area contributed by atoms with E-state index in [9.17, 15) is 8.78 Å². The van der Waals surface area contributed by atoms with Crippen molar-refractivity contribution in [3.05, 3.63) is 106 Å². The van der Waals surface area contributed by atoms with Crippen molar-refractivity contribution in [1.29, 1.82) is 0 Å². The number of benzene rings is 3. The third kappa shape index (κ3) is 6.17. The second kappa shape index (κ2) is 12.7. The summed E-state index contributed by atoms with van der Waals surface area (Å²) in [4.78, 5) is 0. The highest BCUT2D eigenvalue weighted by atomic mass is 19.2. The fourth-order valence-electron chi connectivity index (χ4n) is 5.16. The summed E-state index contributed by atoms with van der Waals surface area (Å²) in [6.07, 6.45) is 6.88. The molecule has 1 saturated heterocycles. The maximum atomic E-state index is 15.1. The minimum Gasteiger partial charge on any atom is -0.378 e. The van der Waals surface area contributed by atoms with E-state index in [0.717, 1.165) is 19.3 Å². The first-order valence-electron chi connectivity index (χ1n) is 13.3. The van der Waals surface area contributed by atoms with Crippen molar-refractivity contribution in [2.45, 2.75) is 70.3 Å². The molecule has 0 aliphatic carbocycles. The summed E-state index contributed by atoms with van der Waals surface area (Å²) in [6.45, 7) is 6.01. The number of aryl methyl sites for hydroxylation is 3. The lowest BCUT2D eigenvalue weighted by Crippen LogP contribution is -2.25. The Morgan fingerprint density at radius 1 is 0.816 bits per heavy atom. The average Bonchev–Trinajstić information content (AvgIpc) is 2.92. The monoisotopic (exact) mass is 528 g/mol. The first-order valence-corrected chi connectivity index (χ1v) is 13.3. The third-order valence-electron chi connectivity index (χ3n) is 7.40. The summed E-state index contributed by atoms with van der Waals surface area (Å²) < 4.78 is 80.2. The van der Waals surface area contributed by atoms with E-state index < -0.39 is 23.3 Å². The third-order valence-corrected chi connectivity index (χ3v) is 7.40. The zero-order chi connectivity index (χ0) is 27.2. The van der Waals surface area contributed by atoms with Gasteiger partial charge in [-0.3, -0.25) is 0 Å². The molecule has 1 aliphatic rings. The Bertz CT molecular complexity index is 1280. The minimum atomic E-state index is -1.23. The highest BCUT2D eigenvalue weighted by Crippen LogP contribution is 2.36. The molecule has 38 heavy (non-hydrogen) atoms. The lowest BCUT2D eigenvalue weighted by atomic mass is 9.88. The van der Waals surface area contributed by atoms with Crippen LogP contribution >= 0.6 is 0 Å². The van der Waals surface area contributed by atoms with E-state index >= 15 is 13.2 Å². The van der Waals surface area contributed by atoms with Crippen LogP contribution in [0.1, 0.15) is 67.2 Å². The maximum absolute atomic E-state index is 15.1. The number of hydrogen-bond donors (Lipinski definition) is 0. The van der Waals surface area contributed by atoms with Crippen LogP contribution in [0.15, 0.2) is 55.1 Å². The molecule has 1 fully saturated rings. The molecule has 0 bridgehead atoms. The van der Waals surface area contributed by atoms with Crippen LogP contribution in [0.25, 0.3) is 11.1 Å². The molecule has 0 N–H and O–H groups in total. The largest absolute Gasteiger partial charge is 0.378 e. The molecule has 1 heterocycles. The highest BCUT2D eigenvalue weighted by Gasteiger charge is 2.28. The summed E-state index contributed by atoms with van der Waals surface area (Å²) in [6, 6.07) is 10.3. The van der Waals surface area contributed by atoms with E-state index in [2.05, 4.69) is 13.5 Å². The van der Waals surface area contributed by atoms with E-state index in [1.54, 1.807) is 18.2 Å². The summed E-state index contributed by atoms with van der Waals surface area (Å²) >= 11 is 0. The zero-order valence-corrected chi connectivity index (χ0v) is 21.6. The topological polar surface area (TPSA) is 9.23 Å². The Kier molecular flexibility index (Phi) is 9.37. The van der Waals surface area contributed by atoms with Crippen molar-refractivity contribution in [3.8, 4) is 11.1 Å². The van der Waals surface area contributed by atoms with Crippen LogP contribution in [-0.2, 0) is 24.0 Å². The fraction of sp³-hybridized carbons (Fsp3) is 0.375. The Morgan fingerprint density at radius 2 is 1.53 bits per heavy atom. The highest BCUT2D eigenvalue weighted by molar-refractivity contribution is 5.66. The smallest absolute Gasteiger partial charge is 0.167 e. The van der Waals surface area contributed by atoms with Gasteiger partial charge in [-0.2, -0.15) is 0 Å². The molecule has 6 heteroatoms. The molecule has 0 amide bonds. The Labute approximate surface area is 221 Å². The molecule has 2 atom stereocenters. The van der Waals surface area contributed by atoms with Crippen LogP contribution in [0.4, 0.5) is 22.0 Å². The van der Waals surface area contributed by atoms with E-state index in [1.165, 1.54) is 30.3 Å². The molecule has 1 aliphatic heterocycles. The normalized spacial score (nSPS) is 17.5. The van der Waals surface area contributed by atoms with Gasteiger partial charge in [0.2, 0.25) is 0 Å². The van der Waals surface area contributed by atoms with Crippen LogP contribution in [0.5, 0.6) is 0 Å². The standard InChI is InChI=1S/C32H33F5O/c1-3-5-7-21-10-8-20(18-28(21)33)9-11-22-13-15-26(31(36)29(22)34)27-17-16-25(30(35)32(27)37)23-12-14-24(6-4-2)38-19-23/h3,8,10,13,15-18,23-24H,1,4-7,9,11-12,14,19H2,2H3. The molecular formula is C32H33F5O. The Morgan fingerprint density at radius 3 is 2.18 bits per heavy atom. The van der Waals surface area contributed by atoms with Gasteiger partial charge in [0.15, 0.2) is 23.3 Å². The van der Waals surface area contributed by atoms with Crippen molar-refractivity contribution >= 4 is 0 Å². The van der Waals surface area contributed by atoms with Gasteiger partial charge >= 0.3 is 0 Å². The first-order chi connectivity index (χ1) is 18.3. The van der Waals surface area contributed by atoms with Gasteiger partial charge in [-0.15, -0.1) is 6.58 Å². The Balaban J connectivity index is 1.49. The van der Waals surface area contributed by atoms with Crippen molar-refractivity contribution < 1.29 is 26.7 Å². The summed E-state index contributed by atoms with van der Waals surface area (Å²) in [5.74, 6) is -5.21. The molecule has 0 radical (unpaired) electrons. The number of allylic oxidation sites excluding steroid dienone is 1. The van der Waals surface area contributed by atoms with Gasteiger partial charge in [-0.1, -0.05) is 55.8 Å². The van der Waals surface area contributed by atoms with E-state index in [1.807, 2.05) is 0 Å². The second-order valence-corrected chi connectivity index (χ2v) is 10.0. The lowest BCUT2D eigenvalue weighted by molar-refractivity contribution is -0.00181. The average molecular weight is 529 g/mol. The molecule has 4 rings (SSSR count). The van der Waals surface area contributed by atoms with Gasteiger partial charge in [0.05, 0.1) is 12.7 Å². The number of halogens is 5. The van der Waals surface area contributed by atoms with E-state index in [4.69, 9.17) is 4.74 Å². The number of rotatable bonds is 10. The Hall–Kier alpha value is -2.99. The van der Waals surface area contributed by atoms with E-state index in [0.29, 0.717) is 43.4 Å². The van der Waals surface area contributed by atoms with Crippen molar-refractivity contribution in [1.82, 2.24) is 0 Å². The molecule has 3 aromatic carbocycles. The minimum absolute atomic E-state index is 0.0841. The molecule has 0 spiro atoms. The first kappa shape index (κ1) is 28.0. The summed E-state index contributed by atoms with van der Waals surface area (Å²) in [5, 5.41) is 0. The van der Waals surface area contributed by atoms with Gasteiger partial charge in [0.1, 0.15) is 5.82 Å². The zero-order valence-electron chi connectivity index (χ0n) is 21.6. The molecule has 0 saturated carbocycles. The predicted octanol–water partition coefficient (Wildman–Crippen LogP) is 9.02. The number of ether oxygens (including phenoxy) is 1. The van der Waals surface area contributed by atoms with Crippen LogP contribution in [0.2, 0.25) is 0 Å². The quantitative estimate of drug-likeness (QED) is 0.188. The molecule has 3 aromatic rings. The van der Waals surface area contributed by atoms with Crippen molar-refractivity contribution in [2.24, 2.45) is 0 Å². The van der Waals surface area contributed by atoms with Crippen LogP contribution in [0, 0.1) is 29.1 Å². The van der Waals surface area contributed by atoms with Gasteiger partial charge in [0.25, 0.3) is 0 Å². The van der Waals surface area contributed by atoms with Crippen LogP contribution in [-0.4, -0.2) is 12.7 Å². The van der Waals surface area contributed by atoms with E-state index in [-0.39, 0.29) is 46.5 Å². The van der Waals surface area contributed by atoms with Crippen LogP contribution < -0.4 is 0 Å². The second-order valence-electron chi connectivity index (χ2n) is 10.0. The molecule has 202 valence electrons. The lowest BCUT2D eigenvalue weighted by Gasteiger charge is -2.29.